The molecule has 3 rings (SSSR count). The first-order valence-electron chi connectivity index (χ1n) is 9.21. The lowest BCUT2D eigenvalue weighted by molar-refractivity contribution is -0.122. The van der Waals surface area contributed by atoms with Crippen LogP contribution in [0.2, 0.25) is 0 Å². The summed E-state index contributed by atoms with van der Waals surface area (Å²) >= 11 is 0. The molecule has 1 aromatic carbocycles. The van der Waals surface area contributed by atoms with Gasteiger partial charge in [0.1, 0.15) is 17.1 Å². The molecule has 0 bridgehead atoms. The summed E-state index contributed by atoms with van der Waals surface area (Å²) in [5.41, 5.74) is 8.26. The lowest BCUT2D eigenvalue weighted by Gasteiger charge is -2.10. The van der Waals surface area contributed by atoms with E-state index in [2.05, 4.69) is 15.0 Å². The summed E-state index contributed by atoms with van der Waals surface area (Å²) in [5.74, 6) is 0.0906. The number of aryl methyl sites for hydroxylation is 1. The molecular formula is C21H26Cl2N4O4. The second-order valence-corrected chi connectivity index (χ2v) is 6.73. The molecule has 0 spiro atoms. The van der Waals surface area contributed by atoms with Gasteiger partial charge in [-0.25, -0.2) is 9.78 Å². The quantitative estimate of drug-likeness (QED) is 0.491. The molecule has 0 unspecified atom stereocenters. The maximum absolute atomic E-state index is 12.3. The van der Waals surface area contributed by atoms with E-state index in [1.54, 1.807) is 19.3 Å². The van der Waals surface area contributed by atoms with Crippen molar-refractivity contribution in [2.45, 2.75) is 32.5 Å². The maximum Gasteiger partial charge on any atom is 0.341 e. The van der Waals surface area contributed by atoms with Gasteiger partial charge in [-0.2, -0.15) is 0 Å². The fourth-order valence-corrected chi connectivity index (χ4v) is 2.96. The Morgan fingerprint density at radius 1 is 1.26 bits per heavy atom. The van der Waals surface area contributed by atoms with Crippen LogP contribution in [0.5, 0.6) is 0 Å². The fraction of sp³-hybridized carbons (Fsp3) is 0.286. The lowest BCUT2D eigenvalue weighted by Crippen LogP contribution is -2.41. The third-order valence-corrected chi connectivity index (χ3v) is 4.47. The number of halogens is 2. The van der Waals surface area contributed by atoms with Gasteiger partial charge in [0.05, 0.1) is 31.7 Å². The van der Waals surface area contributed by atoms with E-state index in [9.17, 15) is 9.59 Å². The van der Waals surface area contributed by atoms with Crippen molar-refractivity contribution in [3.8, 4) is 0 Å². The molecule has 0 aliphatic carbocycles. The predicted molar refractivity (Wildman–Crippen MR) is 121 cm³/mol. The van der Waals surface area contributed by atoms with Crippen molar-refractivity contribution < 1.29 is 18.7 Å². The van der Waals surface area contributed by atoms with Crippen LogP contribution in [0.15, 0.2) is 53.3 Å². The number of esters is 1. The number of imidazole rings is 1. The summed E-state index contributed by atoms with van der Waals surface area (Å²) in [5, 5.41) is 2.72. The van der Waals surface area contributed by atoms with E-state index in [0.29, 0.717) is 30.0 Å². The van der Waals surface area contributed by atoms with E-state index in [4.69, 9.17) is 10.2 Å². The molecule has 3 N–H and O–H groups in total. The van der Waals surface area contributed by atoms with Gasteiger partial charge in [-0.15, -0.1) is 24.8 Å². The van der Waals surface area contributed by atoms with Gasteiger partial charge < -0.3 is 24.8 Å². The molecule has 0 fully saturated rings. The second-order valence-electron chi connectivity index (χ2n) is 6.73. The number of amides is 1. The topological polar surface area (TPSA) is 112 Å². The Morgan fingerprint density at radius 3 is 2.65 bits per heavy atom. The van der Waals surface area contributed by atoms with Crippen LogP contribution in [-0.2, 0) is 29.0 Å². The molecule has 0 saturated heterocycles. The Bertz CT molecular complexity index is 988. The molecule has 0 aliphatic rings. The summed E-state index contributed by atoms with van der Waals surface area (Å²) in [6.07, 6.45) is 3.93. The number of hydrogen-bond donors (Lipinski definition) is 2. The van der Waals surface area contributed by atoms with Gasteiger partial charge in [0.25, 0.3) is 0 Å². The number of benzene rings is 1. The smallest absolute Gasteiger partial charge is 0.341 e. The normalized spacial score (nSPS) is 11.1. The number of rotatable bonds is 8. The second kappa shape index (κ2) is 12.1. The average molecular weight is 469 g/mol. The van der Waals surface area contributed by atoms with Crippen LogP contribution >= 0.6 is 24.8 Å². The number of carbonyl (C=O) groups excluding carboxylic acids is 2. The summed E-state index contributed by atoms with van der Waals surface area (Å²) in [4.78, 5) is 28.2. The molecule has 8 nitrogen and oxygen atoms in total. The van der Waals surface area contributed by atoms with Gasteiger partial charge in [-0.1, -0.05) is 30.3 Å². The van der Waals surface area contributed by atoms with Crippen LogP contribution in [0, 0.1) is 6.92 Å². The van der Waals surface area contributed by atoms with Crippen LogP contribution in [-0.4, -0.2) is 34.6 Å². The molecule has 0 aliphatic heterocycles. The van der Waals surface area contributed by atoms with Crippen molar-refractivity contribution in [1.82, 2.24) is 14.9 Å². The van der Waals surface area contributed by atoms with Gasteiger partial charge in [-0.05, 0) is 18.6 Å². The Morgan fingerprint density at radius 2 is 1.97 bits per heavy atom. The maximum atomic E-state index is 12.3. The summed E-state index contributed by atoms with van der Waals surface area (Å²) < 4.78 is 12.1. The predicted octanol–water partition coefficient (Wildman–Crippen LogP) is 2.65. The first kappa shape index (κ1) is 26.2. The molecule has 2 heterocycles. The Hall–Kier alpha value is -2.81. The molecular weight excluding hydrogens is 443 g/mol. The SMILES string of the molecule is COC(=O)c1cc(CNC(=O)[C@@H](N)Cc2cn(Cc3ccccc3)cn2)oc1C.Cl.Cl. The third kappa shape index (κ3) is 7.13. The van der Waals surface area contributed by atoms with Crippen LogP contribution in [0.4, 0.5) is 0 Å². The highest BCUT2D eigenvalue weighted by atomic mass is 35.5. The highest BCUT2D eigenvalue weighted by Gasteiger charge is 2.18. The van der Waals surface area contributed by atoms with Crippen molar-refractivity contribution in [2.24, 2.45) is 5.73 Å². The zero-order chi connectivity index (χ0) is 20.8. The zero-order valence-corrected chi connectivity index (χ0v) is 18.9. The third-order valence-electron chi connectivity index (χ3n) is 4.47. The van der Waals surface area contributed by atoms with Crippen molar-refractivity contribution >= 4 is 36.7 Å². The first-order chi connectivity index (χ1) is 14.0. The van der Waals surface area contributed by atoms with Gasteiger partial charge in [0.15, 0.2) is 0 Å². The number of nitrogens with zero attached hydrogens (tertiary/aromatic N) is 2. The minimum Gasteiger partial charge on any atom is -0.465 e. The highest BCUT2D eigenvalue weighted by Crippen LogP contribution is 2.15. The Balaban J connectivity index is 0.00000240. The molecule has 31 heavy (non-hydrogen) atoms. The Kier molecular flexibility index (Phi) is 10.3. The molecule has 0 radical (unpaired) electrons. The molecule has 168 valence electrons. The van der Waals surface area contributed by atoms with Gasteiger partial charge >= 0.3 is 5.97 Å². The van der Waals surface area contributed by atoms with E-state index in [-0.39, 0.29) is 37.3 Å². The largest absolute Gasteiger partial charge is 0.465 e. The van der Waals surface area contributed by atoms with Crippen molar-refractivity contribution in [3.05, 3.63) is 77.3 Å². The van der Waals surface area contributed by atoms with Crippen LogP contribution in [0.25, 0.3) is 0 Å². The zero-order valence-electron chi connectivity index (χ0n) is 17.2. The van der Waals surface area contributed by atoms with E-state index in [1.807, 2.05) is 41.1 Å². The van der Waals surface area contributed by atoms with E-state index in [1.165, 1.54) is 12.7 Å². The minimum absolute atomic E-state index is 0. The number of hydrogen-bond acceptors (Lipinski definition) is 6. The standard InChI is InChI=1S/C21H24N4O4.2ClH/c1-14-18(21(27)28-2)9-17(29-14)10-23-20(26)19(22)8-16-12-25(13-24-16)11-15-6-4-3-5-7-15;;/h3-7,9,12-13,19H,8,10-11,22H2,1-2H3,(H,23,26);2*1H/t19-;;/m0../s1. The van der Waals surface area contributed by atoms with Crippen molar-refractivity contribution in [2.75, 3.05) is 7.11 Å². The highest BCUT2D eigenvalue weighted by molar-refractivity contribution is 5.90. The number of furan rings is 1. The van der Waals surface area contributed by atoms with E-state index in [0.717, 1.165) is 5.69 Å². The molecule has 0 saturated carbocycles. The number of methoxy groups -OCH3 is 1. The Labute approximate surface area is 193 Å². The number of ether oxygens (including phenoxy) is 1. The molecule has 1 atom stereocenters. The number of nitrogens with one attached hydrogen (secondary N) is 1. The van der Waals surface area contributed by atoms with Crippen LogP contribution < -0.4 is 11.1 Å². The monoisotopic (exact) mass is 468 g/mol. The summed E-state index contributed by atoms with van der Waals surface area (Å²) in [7, 11) is 1.30. The minimum atomic E-state index is -0.744. The van der Waals surface area contributed by atoms with Crippen molar-refractivity contribution in [1.29, 1.82) is 0 Å². The van der Waals surface area contributed by atoms with Gasteiger partial charge in [0, 0.05) is 19.2 Å². The number of aromatic nitrogens is 2. The van der Waals surface area contributed by atoms with E-state index >= 15 is 0 Å². The molecule has 3 aromatic rings. The summed E-state index contributed by atoms with van der Waals surface area (Å²) in [6, 6.07) is 10.8. The average Bonchev–Trinajstić information content (AvgIpc) is 3.32. The lowest BCUT2D eigenvalue weighted by atomic mass is 10.1. The van der Waals surface area contributed by atoms with E-state index < -0.39 is 12.0 Å². The van der Waals surface area contributed by atoms with Crippen molar-refractivity contribution in [3.63, 3.8) is 0 Å². The number of nitrogens with two attached hydrogens (primary N) is 1. The summed E-state index contributed by atoms with van der Waals surface area (Å²) in [6.45, 7) is 2.50. The first-order valence-corrected chi connectivity index (χ1v) is 9.21. The molecule has 10 heteroatoms. The van der Waals surface area contributed by atoms with Crippen LogP contribution in [0.1, 0.15) is 33.1 Å². The molecule has 1 amide bonds. The number of carbonyl (C=O) groups is 2. The molecule has 2 aromatic heterocycles. The van der Waals surface area contributed by atoms with Gasteiger partial charge in [0.2, 0.25) is 5.91 Å². The van der Waals surface area contributed by atoms with Crippen LogP contribution in [0.3, 0.4) is 0 Å². The fourth-order valence-electron chi connectivity index (χ4n) is 2.96. The van der Waals surface area contributed by atoms with Gasteiger partial charge in [-0.3, -0.25) is 4.79 Å².